The lowest BCUT2D eigenvalue weighted by molar-refractivity contribution is 0.174. The van der Waals surface area contributed by atoms with Crippen LogP contribution in [0, 0.1) is 0 Å². The number of anilines is 1. The van der Waals surface area contributed by atoms with Crippen molar-refractivity contribution in [3.05, 3.63) is 18.2 Å². The van der Waals surface area contributed by atoms with E-state index in [2.05, 4.69) is 15.5 Å². The van der Waals surface area contributed by atoms with E-state index in [1.165, 1.54) is 25.9 Å². The number of hydrogen-bond donors (Lipinski definition) is 2. The minimum absolute atomic E-state index is 0.290. The lowest BCUT2D eigenvalue weighted by atomic mass is 10.3. The van der Waals surface area contributed by atoms with Crippen LogP contribution in [0.3, 0.4) is 0 Å². The topological polar surface area (TPSA) is 45.8 Å². The second kappa shape index (κ2) is 6.95. The molecule has 5 nitrogen and oxygen atoms in total. The SMILES string of the molecule is S=C(NCCCN1CCCC1)Nc1ccc2c(c1)OCO2. The molecule has 0 aliphatic carbocycles. The zero-order valence-corrected chi connectivity index (χ0v) is 12.9. The molecule has 0 radical (unpaired) electrons. The highest BCUT2D eigenvalue weighted by Gasteiger charge is 2.13. The van der Waals surface area contributed by atoms with Gasteiger partial charge in [-0.05, 0) is 63.2 Å². The van der Waals surface area contributed by atoms with E-state index in [0.29, 0.717) is 5.11 Å². The Morgan fingerprint density at radius 1 is 1.19 bits per heavy atom. The largest absolute Gasteiger partial charge is 0.454 e. The predicted molar refractivity (Wildman–Crippen MR) is 87.1 cm³/mol. The fourth-order valence-corrected chi connectivity index (χ4v) is 2.88. The van der Waals surface area contributed by atoms with Crippen molar-refractivity contribution in [3.63, 3.8) is 0 Å². The molecule has 3 rings (SSSR count). The van der Waals surface area contributed by atoms with Crippen LogP contribution in [0.15, 0.2) is 18.2 Å². The average Bonchev–Trinajstić information content (AvgIpc) is 3.14. The molecule has 0 amide bonds. The van der Waals surface area contributed by atoms with Crippen LogP contribution in [0.5, 0.6) is 11.5 Å². The monoisotopic (exact) mass is 307 g/mol. The van der Waals surface area contributed by atoms with Gasteiger partial charge in [0.15, 0.2) is 16.6 Å². The smallest absolute Gasteiger partial charge is 0.231 e. The van der Waals surface area contributed by atoms with E-state index in [9.17, 15) is 0 Å². The third-order valence-corrected chi connectivity index (χ3v) is 4.01. The summed E-state index contributed by atoms with van der Waals surface area (Å²) < 4.78 is 10.6. The fraction of sp³-hybridized carbons (Fsp3) is 0.533. The molecular formula is C15H21N3O2S. The first kappa shape index (κ1) is 14.4. The lowest BCUT2D eigenvalue weighted by Gasteiger charge is -2.15. The molecule has 0 aromatic heterocycles. The van der Waals surface area contributed by atoms with E-state index >= 15 is 0 Å². The van der Waals surface area contributed by atoms with Crippen molar-refractivity contribution in [1.82, 2.24) is 10.2 Å². The van der Waals surface area contributed by atoms with E-state index in [0.717, 1.165) is 36.7 Å². The van der Waals surface area contributed by atoms with E-state index < -0.39 is 0 Å². The van der Waals surface area contributed by atoms with Gasteiger partial charge in [-0.3, -0.25) is 0 Å². The van der Waals surface area contributed by atoms with Gasteiger partial charge < -0.3 is 25.0 Å². The van der Waals surface area contributed by atoms with Gasteiger partial charge in [-0.15, -0.1) is 0 Å². The van der Waals surface area contributed by atoms with Crippen molar-refractivity contribution in [2.45, 2.75) is 19.3 Å². The van der Waals surface area contributed by atoms with Gasteiger partial charge in [0.2, 0.25) is 6.79 Å². The van der Waals surface area contributed by atoms with Gasteiger partial charge >= 0.3 is 0 Å². The van der Waals surface area contributed by atoms with Crippen molar-refractivity contribution in [2.24, 2.45) is 0 Å². The molecule has 6 heteroatoms. The number of nitrogens with one attached hydrogen (secondary N) is 2. The maximum atomic E-state index is 5.34. The van der Waals surface area contributed by atoms with Crippen LogP contribution in [0.4, 0.5) is 5.69 Å². The van der Waals surface area contributed by atoms with Crippen LogP contribution >= 0.6 is 12.2 Å². The summed E-state index contributed by atoms with van der Waals surface area (Å²) in [6.45, 7) is 4.84. The minimum Gasteiger partial charge on any atom is -0.454 e. The summed E-state index contributed by atoms with van der Waals surface area (Å²) in [5, 5.41) is 7.06. The van der Waals surface area contributed by atoms with Gasteiger partial charge in [0.05, 0.1) is 0 Å². The van der Waals surface area contributed by atoms with Gasteiger partial charge in [0, 0.05) is 18.3 Å². The number of fused-ring (bicyclic) bond motifs is 1. The van der Waals surface area contributed by atoms with Crippen LogP contribution in [-0.4, -0.2) is 43.0 Å². The lowest BCUT2D eigenvalue weighted by Crippen LogP contribution is -2.31. The van der Waals surface area contributed by atoms with Crippen molar-refractivity contribution in [1.29, 1.82) is 0 Å². The van der Waals surface area contributed by atoms with E-state index in [1.807, 2.05) is 18.2 Å². The van der Waals surface area contributed by atoms with Crippen LogP contribution in [0.25, 0.3) is 0 Å². The zero-order chi connectivity index (χ0) is 14.5. The normalized spacial score (nSPS) is 17.0. The van der Waals surface area contributed by atoms with Gasteiger partial charge in [0.25, 0.3) is 0 Å². The molecule has 0 saturated carbocycles. The number of thiocarbonyl (C=S) groups is 1. The molecule has 2 aliphatic rings. The van der Waals surface area contributed by atoms with Gasteiger partial charge in [-0.1, -0.05) is 0 Å². The van der Waals surface area contributed by atoms with Crippen molar-refractivity contribution < 1.29 is 9.47 Å². The van der Waals surface area contributed by atoms with Gasteiger partial charge in [-0.25, -0.2) is 0 Å². The molecule has 0 spiro atoms. The van der Waals surface area contributed by atoms with Crippen molar-refractivity contribution in [3.8, 4) is 11.5 Å². The van der Waals surface area contributed by atoms with Gasteiger partial charge in [0.1, 0.15) is 0 Å². The van der Waals surface area contributed by atoms with Crippen molar-refractivity contribution in [2.75, 3.05) is 38.3 Å². The predicted octanol–water partition coefficient (Wildman–Crippen LogP) is 2.19. The molecule has 2 aliphatic heterocycles. The Morgan fingerprint density at radius 3 is 2.86 bits per heavy atom. The molecular weight excluding hydrogens is 286 g/mol. The summed E-state index contributed by atoms with van der Waals surface area (Å²) >= 11 is 5.30. The first-order valence-electron chi connectivity index (χ1n) is 7.48. The molecule has 114 valence electrons. The van der Waals surface area contributed by atoms with Crippen LogP contribution < -0.4 is 20.1 Å². The quantitative estimate of drug-likeness (QED) is 0.642. The van der Waals surface area contributed by atoms with E-state index in [1.54, 1.807) is 0 Å². The number of benzene rings is 1. The summed E-state index contributed by atoms with van der Waals surface area (Å²) in [5.41, 5.74) is 0.913. The molecule has 1 fully saturated rings. The summed E-state index contributed by atoms with van der Waals surface area (Å²) in [7, 11) is 0. The van der Waals surface area contributed by atoms with Crippen LogP contribution in [0.1, 0.15) is 19.3 Å². The molecule has 0 unspecified atom stereocenters. The summed E-state index contributed by atoms with van der Waals surface area (Å²) in [6.07, 6.45) is 3.80. The highest BCUT2D eigenvalue weighted by atomic mass is 32.1. The second-order valence-electron chi connectivity index (χ2n) is 5.35. The number of nitrogens with zero attached hydrogens (tertiary/aromatic N) is 1. The number of ether oxygens (including phenoxy) is 2. The standard InChI is InChI=1S/C15H21N3O2S/c21-15(16-6-3-9-18-7-1-2-8-18)17-12-4-5-13-14(10-12)20-11-19-13/h4-5,10H,1-3,6-9,11H2,(H2,16,17,21). The Hall–Kier alpha value is -1.53. The summed E-state index contributed by atoms with van der Waals surface area (Å²) in [4.78, 5) is 2.51. The third-order valence-electron chi connectivity index (χ3n) is 3.77. The zero-order valence-electron chi connectivity index (χ0n) is 12.1. The highest BCUT2D eigenvalue weighted by molar-refractivity contribution is 7.80. The molecule has 1 aromatic rings. The average molecular weight is 307 g/mol. The maximum Gasteiger partial charge on any atom is 0.231 e. The molecule has 2 N–H and O–H groups in total. The Morgan fingerprint density at radius 2 is 2.00 bits per heavy atom. The first-order valence-corrected chi connectivity index (χ1v) is 7.89. The van der Waals surface area contributed by atoms with Crippen molar-refractivity contribution >= 4 is 23.0 Å². The summed E-state index contributed by atoms with van der Waals surface area (Å²) in [6, 6.07) is 5.73. The van der Waals surface area contributed by atoms with Crippen LogP contribution in [0.2, 0.25) is 0 Å². The molecule has 0 bridgehead atoms. The molecule has 2 heterocycles. The number of likely N-dealkylation sites (tertiary alicyclic amines) is 1. The Bertz CT molecular complexity index is 504. The van der Waals surface area contributed by atoms with E-state index in [4.69, 9.17) is 21.7 Å². The first-order chi connectivity index (χ1) is 10.3. The minimum atomic E-state index is 0.290. The Labute approximate surface area is 130 Å². The highest BCUT2D eigenvalue weighted by Crippen LogP contribution is 2.34. The summed E-state index contributed by atoms with van der Waals surface area (Å²) in [5.74, 6) is 1.54. The molecule has 21 heavy (non-hydrogen) atoms. The van der Waals surface area contributed by atoms with Gasteiger partial charge in [-0.2, -0.15) is 0 Å². The molecule has 0 atom stereocenters. The maximum absolute atomic E-state index is 5.34. The molecule has 1 aromatic carbocycles. The van der Waals surface area contributed by atoms with E-state index in [-0.39, 0.29) is 6.79 Å². The second-order valence-corrected chi connectivity index (χ2v) is 5.76. The number of rotatable bonds is 5. The number of hydrogen-bond acceptors (Lipinski definition) is 4. The van der Waals surface area contributed by atoms with Crippen LogP contribution in [-0.2, 0) is 0 Å². The third kappa shape index (κ3) is 3.98. The Kier molecular flexibility index (Phi) is 4.77. The fourth-order valence-electron chi connectivity index (χ4n) is 2.66. The molecule has 1 saturated heterocycles. The Balaban J connectivity index is 1.37.